The number of azo groups is 3. The highest BCUT2D eigenvalue weighted by molar-refractivity contribution is 7.81. The first-order valence-electron chi connectivity index (χ1n) is 32.1. The van der Waals surface area contributed by atoms with Crippen LogP contribution in [0.15, 0.2) is 208 Å². The Hall–Kier alpha value is -5.62. The van der Waals surface area contributed by atoms with E-state index in [0.717, 1.165) is 0 Å². The maximum absolute atomic E-state index is 7.43. The molecule has 0 fully saturated rings. The minimum Gasteiger partial charge on any atom is -0.431 e. The molecular formula is C63H93N12O12P3Si3. The third-order valence-electron chi connectivity index (χ3n) is 13.3. The van der Waals surface area contributed by atoms with Crippen LogP contribution < -0.4 is 28.8 Å². The Bertz CT molecular complexity index is 2970. The van der Waals surface area contributed by atoms with E-state index >= 15 is 0 Å². The Kier molecular flexibility index (Phi) is 31.7. The molecule has 0 unspecified atom stereocenters. The third kappa shape index (κ3) is 24.2. The third-order valence-corrected chi connectivity index (χ3v) is 31.8. The highest BCUT2D eigenvalue weighted by Crippen LogP contribution is 2.75. The van der Waals surface area contributed by atoms with E-state index in [0.29, 0.717) is 168 Å². The molecule has 0 atom stereocenters. The Morgan fingerprint density at radius 1 is 0.280 bits per heavy atom. The van der Waals surface area contributed by atoms with Crippen LogP contribution in [0.3, 0.4) is 0 Å². The van der Waals surface area contributed by atoms with E-state index in [1.807, 2.05) is 226 Å². The molecule has 6 aromatic carbocycles. The maximum Gasteiger partial charge on any atom is 0.500 e. The summed E-state index contributed by atoms with van der Waals surface area (Å²) < 4.78 is 96.9. The molecule has 30 heteroatoms. The highest BCUT2D eigenvalue weighted by Gasteiger charge is 2.46. The molecule has 24 nitrogen and oxygen atoms in total. The summed E-state index contributed by atoms with van der Waals surface area (Å²) in [6, 6.07) is 52.0. The maximum atomic E-state index is 7.43. The molecule has 0 spiro atoms. The first-order chi connectivity index (χ1) is 45.4. The minimum atomic E-state index is -3.90. The van der Waals surface area contributed by atoms with Gasteiger partial charge in [-0.2, -0.15) is 30.7 Å². The molecule has 0 amide bonds. The summed E-state index contributed by atoms with van der Waals surface area (Å²) in [5, 5.41) is 38.5. The molecule has 1 aliphatic rings. The predicted octanol–water partition coefficient (Wildman–Crippen LogP) is 19.4. The molecule has 0 saturated carbocycles. The molecular weight excluding hydrogens is 1290 g/mol. The topological polar surface area (TPSA) is 258 Å². The average Bonchev–Trinajstić information content (AvgIpc) is 0.741. The van der Waals surface area contributed by atoms with Crippen molar-refractivity contribution in [2.24, 2.45) is 44.2 Å². The van der Waals surface area contributed by atoms with Gasteiger partial charge in [-0.25, -0.2) is 15.3 Å². The van der Waals surface area contributed by atoms with Gasteiger partial charge in [-0.3, -0.25) is 0 Å². The number of nitrogens with zero attached hydrogens (tertiary/aromatic N) is 9. The molecule has 7 rings (SSSR count). The second-order valence-electron chi connectivity index (χ2n) is 20.2. The second-order valence-corrected chi connectivity index (χ2v) is 35.3. The van der Waals surface area contributed by atoms with Gasteiger partial charge in [-0.15, -0.1) is 13.5 Å². The normalized spacial score (nSPS) is 17.8. The molecule has 504 valence electrons. The van der Waals surface area contributed by atoms with Gasteiger partial charge in [-0.1, -0.05) is 54.6 Å². The van der Waals surface area contributed by atoms with E-state index in [4.69, 9.17) is 67.0 Å². The Morgan fingerprint density at radius 3 is 0.667 bits per heavy atom. The van der Waals surface area contributed by atoms with E-state index in [1.54, 1.807) is 0 Å². The lowest BCUT2D eigenvalue weighted by molar-refractivity contribution is 0.0701. The first-order valence-corrected chi connectivity index (χ1v) is 42.7. The summed E-state index contributed by atoms with van der Waals surface area (Å²) in [5.41, 5.74) is 3.91. The summed E-state index contributed by atoms with van der Waals surface area (Å²) >= 11 is 0. The van der Waals surface area contributed by atoms with Crippen LogP contribution in [0.25, 0.3) is 0 Å². The van der Waals surface area contributed by atoms with Gasteiger partial charge in [0, 0.05) is 97.2 Å². The smallest absolute Gasteiger partial charge is 0.431 e. The SMILES string of the molecule is CCO[Si](CCCNP1(Oc2ccc(N=Nc3ccccc3)cc2)=NP(NCCC[Si](OCC)(OCC)OCC)(Oc2ccc(N=Nc3ccccc3)cc2)=NP(NCCC[Si](OCC)(OCC)OCC)(Oc2ccc(N=Nc3ccccc3)cc2)=N1)(OCC)OCC. The lowest BCUT2D eigenvalue weighted by Gasteiger charge is -2.36. The molecule has 0 bridgehead atoms. The van der Waals surface area contributed by atoms with Crippen molar-refractivity contribution in [1.29, 1.82) is 0 Å². The zero-order valence-corrected chi connectivity index (χ0v) is 60.8. The fourth-order valence-corrected chi connectivity index (χ4v) is 27.9. The van der Waals surface area contributed by atoms with Crippen LogP contribution in [0.4, 0.5) is 34.1 Å². The van der Waals surface area contributed by atoms with E-state index < -0.39 is 49.2 Å². The summed E-state index contributed by atoms with van der Waals surface area (Å²) in [7, 11) is -21.2. The van der Waals surface area contributed by atoms with Crippen molar-refractivity contribution in [2.45, 2.75) is 99.7 Å². The zero-order chi connectivity index (χ0) is 66.0. The summed E-state index contributed by atoms with van der Waals surface area (Å²) in [6.07, 6.45) is 1.52. The molecule has 93 heavy (non-hydrogen) atoms. The standard InChI is InChI=1S/C63H93N12O12P3Si3/c1-10-76-91(77-11-2,78-12-3)52-28-49-64-88(85-61-43-37-58(38-44-61)70-67-55-31-22-19-23-32-55)73-89(65-50-29-53-92(79-13-4,80-14-5)81-15-6,86-62-45-39-59(40-46-62)71-68-56-33-24-20-25-34-56)75-90(74-88,66-51-30-54-93(82-16-7,83-17-8)84-18-9)87-63-47-41-60(42-48-63)72-69-57-35-26-21-27-36-57/h19-27,31-48,64-66H,10-18,28-30,49-54H2,1-9H3. The van der Waals surface area contributed by atoms with Gasteiger partial charge in [0.2, 0.25) is 0 Å². The van der Waals surface area contributed by atoms with Crippen LogP contribution in [0.5, 0.6) is 17.2 Å². The Morgan fingerprint density at radius 2 is 0.473 bits per heavy atom. The summed E-state index contributed by atoms with van der Waals surface area (Å²) in [4.78, 5) is 0. The number of nitrogens with one attached hydrogen (secondary N) is 3. The lowest BCUT2D eigenvalue weighted by Crippen LogP contribution is -2.46. The van der Waals surface area contributed by atoms with Crippen molar-refractivity contribution < 1.29 is 53.4 Å². The predicted molar refractivity (Wildman–Crippen MR) is 375 cm³/mol. The molecule has 0 aromatic heterocycles. The van der Waals surface area contributed by atoms with Gasteiger partial charge in [0.05, 0.1) is 34.1 Å². The summed E-state index contributed by atoms with van der Waals surface area (Å²) in [5.74, 6) is 1.26. The first kappa shape index (κ1) is 74.8. The van der Waals surface area contributed by atoms with Crippen LogP contribution in [0, 0.1) is 0 Å². The monoisotopic (exact) mass is 1390 g/mol. The fourth-order valence-electron chi connectivity index (χ4n) is 9.53. The van der Waals surface area contributed by atoms with Crippen LogP contribution in [-0.2, 0) is 39.8 Å². The van der Waals surface area contributed by atoms with E-state index in [9.17, 15) is 0 Å². The molecule has 0 radical (unpaired) electrons. The van der Waals surface area contributed by atoms with Gasteiger partial charge >= 0.3 is 49.2 Å². The molecule has 3 N–H and O–H groups in total. The zero-order valence-electron chi connectivity index (χ0n) is 55.1. The molecule has 1 heterocycles. The number of hydrogen-bond acceptors (Lipinski definition) is 24. The van der Waals surface area contributed by atoms with Crippen LogP contribution in [0.1, 0.15) is 81.6 Å². The van der Waals surface area contributed by atoms with Crippen molar-refractivity contribution in [3.8, 4) is 17.2 Å². The van der Waals surface area contributed by atoms with Gasteiger partial charge < -0.3 is 53.4 Å². The number of hydrogen-bond donors (Lipinski definition) is 3. The van der Waals surface area contributed by atoms with Crippen LogP contribution >= 0.6 is 22.7 Å². The van der Waals surface area contributed by atoms with Crippen molar-refractivity contribution >= 4 is 83.3 Å². The lowest BCUT2D eigenvalue weighted by atomic mass is 10.3. The van der Waals surface area contributed by atoms with Crippen molar-refractivity contribution in [2.75, 3.05) is 79.1 Å². The quantitative estimate of drug-likeness (QED) is 0.0139. The highest BCUT2D eigenvalue weighted by atomic mass is 31.3. The number of benzene rings is 6. The van der Waals surface area contributed by atoms with Crippen LogP contribution in [-0.4, -0.2) is 106 Å². The van der Waals surface area contributed by atoms with Crippen molar-refractivity contribution in [3.05, 3.63) is 164 Å². The van der Waals surface area contributed by atoms with E-state index in [2.05, 4.69) is 45.9 Å². The van der Waals surface area contributed by atoms with Crippen molar-refractivity contribution in [3.63, 3.8) is 0 Å². The average molecular weight is 1390 g/mol. The number of rotatable bonds is 45. The molecule has 0 aliphatic carbocycles. The largest absolute Gasteiger partial charge is 0.500 e. The Balaban J connectivity index is 1.47. The van der Waals surface area contributed by atoms with Crippen molar-refractivity contribution in [1.82, 2.24) is 15.3 Å². The van der Waals surface area contributed by atoms with Crippen LogP contribution in [0.2, 0.25) is 18.1 Å². The minimum absolute atomic E-state index is 0.296. The summed E-state index contributed by atoms with van der Waals surface area (Å²) in [6.45, 7) is 22.1. The molecule has 6 aromatic rings. The van der Waals surface area contributed by atoms with Gasteiger partial charge in [0.1, 0.15) is 17.2 Å². The van der Waals surface area contributed by atoms with E-state index in [-0.39, 0.29) is 0 Å². The fraction of sp³-hybridized carbons (Fsp3) is 0.429. The molecule has 0 saturated heterocycles. The second kappa shape index (κ2) is 39.4. The molecule has 1 aliphatic heterocycles. The van der Waals surface area contributed by atoms with Gasteiger partial charge in [0.25, 0.3) is 0 Å². The van der Waals surface area contributed by atoms with Gasteiger partial charge in [0.15, 0.2) is 0 Å². The van der Waals surface area contributed by atoms with E-state index in [1.165, 1.54) is 0 Å². The Labute approximate surface area is 553 Å². The van der Waals surface area contributed by atoms with Gasteiger partial charge in [-0.05, 0) is 191 Å².